The molecule has 6 N–H and O–H groups in total. The van der Waals surface area contributed by atoms with E-state index in [-0.39, 0.29) is 0 Å². The zero-order chi connectivity index (χ0) is 22.6. The van der Waals surface area contributed by atoms with Crippen molar-refractivity contribution in [2.75, 3.05) is 13.2 Å². The molecular formula is C22H45NO6. The van der Waals surface area contributed by atoms with Crippen LogP contribution in [-0.4, -0.2) is 69.0 Å². The summed E-state index contributed by atoms with van der Waals surface area (Å²) in [5, 5.41) is 49.4. The van der Waals surface area contributed by atoms with Crippen molar-refractivity contribution in [3.63, 3.8) is 0 Å². The maximum absolute atomic E-state index is 11.8. The zero-order valence-corrected chi connectivity index (χ0v) is 18.0. The maximum atomic E-state index is 11.8. The zero-order valence-electron chi connectivity index (χ0n) is 19.0. The van der Waals surface area contributed by atoms with Crippen LogP contribution in [0.5, 0.6) is 0 Å². The highest BCUT2D eigenvalue weighted by atomic mass is 16.4. The van der Waals surface area contributed by atoms with Gasteiger partial charge in [0.1, 0.15) is 18.3 Å². The Morgan fingerprint density at radius 3 is 1.66 bits per heavy atom. The fourth-order valence-electron chi connectivity index (χ4n) is 3.24. The summed E-state index contributed by atoms with van der Waals surface area (Å²) in [7, 11) is 0. The Labute approximate surface area is 177 Å². The summed E-state index contributed by atoms with van der Waals surface area (Å²) in [5.41, 5.74) is 0. The van der Waals surface area contributed by atoms with Crippen molar-refractivity contribution in [2.24, 2.45) is 0 Å². The first-order valence-corrected chi connectivity index (χ1v) is 11.4. The second kappa shape index (κ2) is 19.2. The van der Waals surface area contributed by atoms with Crippen LogP contribution >= 0.6 is 0 Å². The Hall–Kier alpha value is -0.730. The van der Waals surface area contributed by atoms with Gasteiger partial charge in [0.05, 0.1) is 6.61 Å². The van der Waals surface area contributed by atoms with Crippen molar-refractivity contribution >= 4 is 5.91 Å². The number of amides is 1. The van der Waals surface area contributed by atoms with Gasteiger partial charge in [-0.3, -0.25) is 4.79 Å². The Morgan fingerprint density at radius 1 is 0.759 bits per heavy atom. The van der Waals surface area contributed by atoms with E-state index in [1.54, 1.807) is 0 Å². The van der Waals surface area contributed by atoms with Crippen molar-refractivity contribution in [1.29, 1.82) is 0 Å². The summed E-state index contributed by atoms with van der Waals surface area (Å²) < 4.78 is 7.10. The molecule has 0 unspecified atom stereocenters. The van der Waals surface area contributed by atoms with Gasteiger partial charge in [-0.2, -0.15) is 0 Å². The Kier molecular flexibility index (Phi) is 17.5. The molecule has 0 saturated carbocycles. The predicted molar refractivity (Wildman–Crippen MR) is 114 cm³/mol. The molecule has 0 aliphatic rings. The summed E-state index contributed by atoms with van der Waals surface area (Å²) in [4.78, 5) is 11.8. The molecule has 29 heavy (non-hydrogen) atoms. The number of rotatable bonds is 20. The molecule has 7 nitrogen and oxygen atoms in total. The first-order chi connectivity index (χ1) is 14.5. The van der Waals surface area contributed by atoms with Gasteiger partial charge < -0.3 is 30.8 Å². The van der Waals surface area contributed by atoms with Crippen LogP contribution in [0, 0.1) is 0 Å². The highest BCUT2D eigenvalue weighted by molar-refractivity contribution is 5.81. The minimum atomic E-state index is -1.86. The van der Waals surface area contributed by atoms with E-state index in [2.05, 4.69) is 5.32 Å². The Morgan fingerprint density at radius 2 is 1.21 bits per heavy atom. The van der Waals surface area contributed by atoms with E-state index >= 15 is 0 Å². The molecule has 0 fully saturated rings. The minimum absolute atomic E-state index is 0.378. The maximum Gasteiger partial charge on any atom is 0.251 e. The number of carbonyl (C=O) groups excluding carboxylic acids is 1. The van der Waals surface area contributed by atoms with E-state index < -0.39 is 36.9 Å². The molecule has 4 atom stereocenters. The lowest BCUT2D eigenvalue weighted by atomic mass is 10.0. The van der Waals surface area contributed by atoms with Gasteiger partial charge in [-0.25, -0.2) is 0 Å². The van der Waals surface area contributed by atoms with Gasteiger partial charge in [0.2, 0.25) is 0 Å². The van der Waals surface area contributed by atoms with Gasteiger partial charge >= 0.3 is 0 Å². The molecule has 0 spiro atoms. The summed E-state index contributed by atoms with van der Waals surface area (Å²) >= 11 is 0. The Balaban J connectivity index is 3.48. The molecule has 0 aromatic carbocycles. The van der Waals surface area contributed by atoms with E-state index in [0.29, 0.717) is 13.4 Å². The summed E-state index contributed by atoms with van der Waals surface area (Å²) in [5.74, 6) is -0.803. The van der Waals surface area contributed by atoms with Crippen LogP contribution in [0.15, 0.2) is 0 Å². The molecule has 0 aromatic heterocycles. The van der Waals surface area contributed by atoms with Gasteiger partial charge in [0.15, 0.2) is 6.10 Å². The van der Waals surface area contributed by atoms with Crippen LogP contribution in [0.1, 0.15) is 98.2 Å². The number of hydrogen-bond donors (Lipinski definition) is 6. The third-order valence-electron chi connectivity index (χ3n) is 5.25. The smallest absolute Gasteiger partial charge is 0.251 e. The van der Waals surface area contributed by atoms with E-state index in [4.69, 9.17) is 6.48 Å². The van der Waals surface area contributed by atoms with Crippen LogP contribution in [-0.2, 0) is 4.79 Å². The molecule has 7 heteroatoms. The first-order valence-electron chi connectivity index (χ1n) is 12.1. The number of hydrogen-bond acceptors (Lipinski definition) is 6. The van der Waals surface area contributed by atoms with Gasteiger partial charge in [-0.05, 0) is 6.42 Å². The molecule has 0 aromatic rings. The standard InChI is InChI=1S/C22H45NO6/c1-2-3-4-5-6-7-8-9-10-11-12-13-14-15-16-23-22(29)21(28)20(27)19(26)18(25)17-24/h18-21,24-28H,2-17H2,1H3,(H,23,29)/t18-,19-,20+,21-/m1/s1/i1D. The molecule has 0 aliphatic heterocycles. The average Bonchev–Trinajstić information content (AvgIpc) is 2.76. The molecule has 174 valence electrons. The molecule has 0 bridgehead atoms. The van der Waals surface area contributed by atoms with Crippen molar-refractivity contribution in [3.8, 4) is 0 Å². The number of nitrogens with one attached hydrogen (secondary N) is 1. The van der Waals surface area contributed by atoms with E-state index in [1.807, 2.05) is 0 Å². The average molecular weight is 421 g/mol. The summed E-state index contributed by atoms with van der Waals surface area (Å²) in [6, 6.07) is 0. The summed E-state index contributed by atoms with van der Waals surface area (Å²) in [6.07, 6.45) is 9.43. The van der Waals surface area contributed by atoms with Crippen molar-refractivity contribution in [2.45, 2.75) is 121 Å². The second-order valence-electron chi connectivity index (χ2n) is 7.92. The van der Waals surface area contributed by atoms with Crippen molar-refractivity contribution in [3.05, 3.63) is 0 Å². The quantitative estimate of drug-likeness (QED) is 0.167. The number of unbranched alkanes of at least 4 members (excludes halogenated alkanes) is 13. The molecule has 0 heterocycles. The summed E-state index contributed by atoms with van der Waals surface area (Å²) in [6.45, 7) is 0.161. The monoisotopic (exact) mass is 420 g/mol. The van der Waals surface area contributed by atoms with E-state index in [1.165, 1.54) is 64.2 Å². The van der Waals surface area contributed by atoms with Gasteiger partial charge in [0, 0.05) is 7.92 Å². The lowest BCUT2D eigenvalue weighted by Gasteiger charge is -2.24. The lowest BCUT2D eigenvalue weighted by molar-refractivity contribution is -0.148. The van der Waals surface area contributed by atoms with E-state index in [9.17, 15) is 25.2 Å². The third kappa shape index (κ3) is 14.8. The lowest BCUT2D eigenvalue weighted by Crippen LogP contribution is -2.51. The fraction of sp³-hybridized carbons (Fsp3) is 0.955. The predicted octanol–water partition coefficient (Wildman–Crippen LogP) is 2.02. The van der Waals surface area contributed by atoms with Gasteiger partial charge in [-0.1, -0.05) is 90.4 Å². The second-order valence-corrected chi connectivity index (χ2v) is 7.92. The van der Waals surface area contributed by atoms with Crippen molar-refractivity contribution < 1.29 is 31.7 Å². The van der Waals surface area contributed by atoms with Crippen LogP contribution in [0.3, 0.4) is 0 Å². The molecule has 0 radical (unpaired) electrons. The fourth-order valence-corrected chi connectivity index (χ4v) is 3.24. The molecule has 1 amide bonds. The number of aliphatic hydroxyl groups excluding tert-OH is 5. The SMILES string of the molecule is [2H]CCCCCCCCCCCCCCCCNC(=O)[C@H](O)[C@@H](O)[C@H](O)[C@H](O)CO. The van der Waals surface area contributed by atoms with Gasteiger partial charge in [-0.15, -0.1) is 0 Å². The number of carbonyl (C=O) groups is 1. The third-order valence-corrected chi connectivity index (χ3v) is 5.25. The molecule has 0 saturated heterocycles. The Bertz CT molecular complexity index is 402. The molecular weight excluding hydrogens is 374 g/mol. The first kappa shape index (κ1) is 26.3. The van der Waals surface area contributed by atoms with Crippen LogP contribution in [0.25, 0.3) is 0 Å². The highest BCUT2D eigenvalue weighted by Crippen LogP contribution is 2.13. The van der Waals surface area contributed by atoms with Crippen molar-refractivity contribution in [1.82, 2.24) is 5.32 Å². The topological polar surface area (TPSA) is 130 Å². The normalized spacial score (nSPS) is 16.1. The van der Waals surface area contributed by atoms with Crippen LogP contribution in [0.2, 0.25) is 0 Å². The highest BCUT2D eigenvalue weighted by Gasteiger charge is 2.33. The molecule has 0 aliphatic carbocycles. The molecule has 0 rings (SSSR count). The minimum Gasteiger partial charge on any atom is -0.394 e. The van der Waals surface area contributed by atoms with Crippen LogP contribution in [0.4, 0.5) is 0 Å². The van der Waals surface area contributed by atoms with Crippen LogP contribution < -0.4 is 5.32 Å². The largest absolute Gasteiger partial charge is 0.394 e. The van der Waals surface area contributed by atoms with E-state index in [0.717, 1.165) is 25.7 Å². The van der Waals surface area contributed by atoms with Gasteiger partial charge in [0.25, 0.3) is 5.91 Å². The number of aliphatic hydroxyl groups is 5.